The molecule has 0 unspecified atom stereocenters. The zero-order valence-corrected chi connectivity index (χ0v) is 14.9. The van der Waals surface area contributed by atoms with Gasteiger partial charge in [0.05, 0.1) is 24.3 Å². The van der Waals surface area contributed by atoms with Crippen LogP contribution in [0.4, 0.5) is 0 Å². The molecule has 7 nitrogen and oxygen atoms in total. The molecule has 25 heavy (non-hydrogen) atoms. The number of benzene rings is 1. The van der Waals surface area contributed by atoms with E-state index in [1.807, 2.05) is 48.9 Å². The van der Waals surface area contributed by atoms with Crippen LogP contribution in [-0.4, -0.2) is 36.3 Å². The van der Waals surface area contributed by atoms with Gasteiger partial charge in [-0.1, -0.05) is 30.0 Å². The molecule has 8 heteroatoms. The number of hydrogen-bond acceptors (Lipinski definition) is 6. The van der Waals surface area contributed by atoms with Crippen LogP contribution in [0.3, 0.4) is 0 Å². The van der Waals surface area contributed by atoms with Crippen molar-refractivity contribution < 1.29 is 4.79 Å². The molecule has 2 heterocycles. The summed E-state index contributed by atoms with van der Waals surface area (Å²) in [6.45, 7) is 4.55. The van der Waals surface area contributed by atoms with E-state index >= 15 is 0 Å². The fourth-order valence-corrected chi connectivity index (χ4v) is 3.53. The summed E-state index contributed by atoms with van der Waals surface area (Å²) in [7, 11) is 0. The second-order valence-corrected chi connectivity index (χ2v) is 6.82. The third kappa shape index (κ3) is 3.56. The van der Waals surface area contributed by atoms with Crippen LogP contribution >= 0.6 is 11.8 Å². The number of hydrogen-bond donors (Lipinski definition) is 0. The van der Waals surface area contributed by atoms with Gasteiger partial charge in [-0.15, -0.1) is 5.10 Å². The quantitative estimate of drug-likeness (QED) is 0.478. The third-order valence-electron chi connectivity index (χ3n) is 3.84. The van der Waals surface area contributed by atoms with E-state index in [0.29, 0.717) is 23.7 Å². The van der Waals surface area contributed by atoms with Gasteiger partial charge in [0.15, 0.2) is 5.78 Å². The van der Waals surface area contributed by atoms with E-state index in [2.05, 4.69) is 21.6 Å². The Bertz CT molecular complexity index is 936. The zero-order valence-electron chi connectivity index (χ0n) is 14.1. The number of tetrazole rings is 1. The van der Waals surface area contributed by atoms with E-state index in [1.54, 1.807) is 4.68 Å². The minimum Gasteiger partial charge on any atom is -0.346 e. The van der Waals surface area contributed by atoms with E-state index in [1.165, 1.54) is 11.8 Å². The minimum atomic E-state index is 0.0233. The maximum atomic E-state index is 12.7. The standard InChI is InChI=1S/C17H18N6OS/c1-12(2)23-17(19-20-21-23)25-11-16(24)14-10-22(9-5-8-18)15-7-4-3-6-13(14)15/h3-4,6-7,10,12H,5,9,11H2,1-2H3. The summed E-state index contributed by atoms with van der Waals surface area (Å²) < 4.78 is 3.67. The van der Waals surface area contributed by atoms with E-state index < -0.39 is 0 Å². The Hall–Kier alpha value is -2.66. The highest BCUT2D eigenvalue weighted by atomic mass is 32.2. The molecular formula is C17H18N6OS. The lowest BCUT2D eigenvalue weighted by Gasteiger charge is -2.06. The Morgan fingerprint density at radius 3 is 2.92 bits per heavy atom. The van der Waals surface area contributed by atoms with Crippen molar-refractivity contribution in [2.75, 3.05) is 5.75 Å². The number of rotatable bonds is 7. The summed E-state index contributed by atoms with van der Waals surface area (Å²) in [4.78, 5) is 12.7. The first-order chi connectivity index (χ1) is 12.1. The number of para-hydroxylation sites is 1. The lowest BCUT2D eigenvalue weighted by Crippen LogP contribution is -2.07. The smallest absolute Gasteiger partial charge is 0.209 e. The van der Waals surface area contributed by atoms with Crippen LogP contribution < -0.4 is 0 Å². The van der Waals surface area contributed by atoms with Crippen molar-refractivity contribution in [2.45, 2.75) is 38.0 Å². The van der Waals surface area contributed by atoms with Gasteiger partial charge in [-0.3, -0.25) is 4.79 Å². The monoisotopic (exact) mass is 354 g/mol. The lowest BCUT2D eigenvalue weighted by atomic mass is 10.1. The molecule has 3 rings (SSSR count). The molecule has 0 aliphatic carbocycles. The molecule has 0 saturated heterocycles. The molecule has 0 saturated carbocycles. The lowest BCUT2D eigenvalue weighted by molar-refractivity contribution is 0.102. The van der Waals surface area contributed by atoms with Gasteiger partial charge < -0.3 is 4.57 Å². The van der Waals surface area contributed by atoms with Crippen LogP contribution in [0.15, 0.2) is 35.6 Å². The number of carbonyl (C=O) groups excluding carboxylic acids is 1. The van der Waals surface area contributed by atoms with Gasteiger partial charge in [0.25, 0.3) is 0 Å². The summed E-state index contributed by atoms with van der Waals surface area (Å²) in [5.41, 5.74) is 1.64. The molecule has 0 N–H and O–H groups in total. The number of nitrogens with zero attached hydrogens (tertiary/aromatic N) is 6. The molecule has 3 aromatic rings. The Balaban J connectivity index is 1.82. The van der Waals surface area contributed by atoms with Gasteiger partial charge in [0.2, 0.25) is 5.16 Å². The molecule has 128 valence electrons. The van der Waals surface area contributed by atoms with Gasteiger partial charge in [-0.05, 0) is 30.3 Å². The summed E-state index contributed by atoms with van der Waals surface area (Å²) in [5.74, 6) is 0.287. The van der Waals surface area contributed by atoms with Gasteiger partial charge in [0.1, 0.15) is 0 Å². The van der Waals surface area contributed by atoms with Crippen molar-refractivity contribution in [2.24, 2.45) is 0 Å². The first-order valence-electron chi connectivity index (χ1n) is 8.00. The van der Waals surface area contributed by atoms with Crippen molar-refractivity contribution in [3.8, 4) is 6.07 Å². The molecule has 0 atom stereocenters. The number of fused-ring (bicyclic) bond motifs is 1. The van der Waals surface area contributed by atoms with Crippen LogP contribution in [-0.2, 0) is 6.54 Å². The first-order valence-corrected chi connectivity index (χ1v) is 8.99. The SMILES string of the molecule is CC(C)n1nnnc1SCC(=O)c1cn(CCC#N)c2ccccc12. The second kappa shape index (κ2) is 7.49. The van der Waals surface area contributed by atoms with Crippen LogP contribution in [0.5, 0.6) is 0 Å². The predicted octanol–water partition coefficient (Wildman–Crippen LogP) is 3.10. The average molecular weight is 354 g/mol. The normalized spacial score (nSPS) is 11.1. The van der Waals surface area contributed by atoms with Crippen LogP contribution in [0.2, 0.25) is 0 Å². The molecule has 0 radical (unpaired) electrons. The molecule has 0 amide bonds. The van der Waals surface area contributed by atoms with Crippen LogP contribution in [0.25, 0.3) is 10.9 Å². The first kappa shape index (κ1) is 17.2. The number of ketones is 1. The number of thioether (sulfide) groups is 1. The molecule has 1 aromatic carbocycles. The molecular weight excluding hydrogens is 336 g/mol. The van der Waals surface area contributed by atoms with Crippen molar-refractivity contribution in [3.63, 3.8) is 0 Å². The topological polar surface area (TPSA) is 89.4 Å². The maximum absolute atomic E-state index is 12.7. The minimum absolute atomic E-state index is 0.0233. The van der Waals surface area contributed by atoms with Crippen LogP contribution in [0.1, 0.15) is 36.7 Å². The number of nitriles is 1. The summed E-state index contributed by atoms with van der Waals surface area (Å²) in [6.07, 6.45) is 2.25. The molecule has 0 spiro atoms. The van der Waals surface area contributed by atoms with Crippen LogP contribution in [0, 0.1) is 11.3 Å². The fraction of sp³-hybridized carbons (Fsp3) is 0.353. The highest BCUT2D eigenvalue weighted by Gasteiger charge is 2.17. The number of Topliss-reactive ketones (excluding diaryl/α,β-unsaturated/α-hetero) is 1. The van der Waals surface area contributed by atoms with Gasteiger partial charge in [-0.25, -0.2) is 4.68 Å². The molecule has 2 aromatic heterocycles. The van der Waals surface area contributed by atoms with Crippen molar-refractivity contribution in [1.82, 2.24) is 24.8 Å². The van der Waals surface area contributed by atoms with E-state index in [-0.39, 0.29) is 17.6 Å². The fourth-order valence-electron chi connectivity index (χ4n) is 2.64. The Morgan fingerprint density at radius 2 is 2.16 bits per heavy atom. The van der Waals surface area contributed by atoms with Crippen molar-refractivity contribution in [1.29, 1.82) is 5.26 Å². The van der Waals surface area contributed by atoms with E-state index in [9.17, 15) is 4.79 Å². The molecule has 0 bridgehead atoms. The van der Waals surface area contributed by atoms with Gasteiger partial charge in [0, 0.05) is 29.2 Å². The Labute approximate surface area is 149 Å². The largest absolute Gasteiger partial charge is 0.346 e. The number of carbonyl (C=O) groups is 1. The maximum Gasteiger partial charge on any atom is 0.209 e. The Morgan fingerprint density at radius 1 is 1.36 bits per heavy atom. The van der Waals surface area contributed by atoms with Crippen molar-refractivity contribution >= 4 is 28.4 Å². The number of aryl methyl sites for hydroxylation is 1. The van der Waals surface area contributed by atoms with Gasteiger partial charge in [-0.2, -0.15) is 5.26 Å². The molecule has 0 fully saturated rings. The van der Waals surface area contributed by atoms with E-state index in [0.717, 1.165) is 10.9 Å². The third-order valence-corrected chi connectivity index (χ3v) is 4.77. The van der Waals surface area contributed by atoms with Crippen molar-refractivity contribution in [3.05, 3.63) is 36.0 Å². The molecule has 0 aliphatic heterocycles. The van der Waals surface area contributed by atoms with E-state index in [4.69, 9.17) is 5.26 Å². The average Bonchev–Trinajstić information content (AvgIpc) is 3.23. The highest BCUT2D eigenvalue weighted by molar-refractivity contribution is 7.99. The number of aromatic nitrogens is 5. The predicted molar refractivity (Wildman–Crippen MR) is 95.4 cm³/mol. The second-order valence-electron chi connectivity index (χ2n) is 5.87. The highest BCUT2D eigenvalue weighted by Crippen LogP contribution is 2.25. The summed E-state index contributed by atoms with van der Waals surface area (Å²) in [6, 6.07) is 10.0. The summed E-state index contributed by atoms with van der Waals surface area (Å²) >= 11 is 1.34. The summed E-state index contributed by atoms with van der Waals surface area (Å²) in [5, 5.41) is 22.0. The zero-order chi connectivity index (χ0) is 17.8. The van der Waals surface area contributed by atoms with Gasteiger partial charge >= 0.3 is 0 Å². The Kier molecular flexibility index (Phi) is 5.14. The molecule has 0 aliphatic rings.